The van der Waals surface area contributed by atoms with Crippen LogP contribution in [0.25, 0.3) is 11.5 Å². The first kappa shape index (κ1) is 13.3. The molecule has 0 spiro atoms. The molecule has 0 radical (unpaired) electrons. The molecule has 5 nitrogen and oxygen atoms in total. The van der Waals surface area contributed by atoms with Crippen LogP contribution in [0.15, 0.2) is 21.2 Å². The zero-order valence-electron chi connectivity index (χ0n) is 11.4. The Bertz CT molecular complexity index is 579. The smallest absolute Gasteiger partial charge is 0.248 e. The number of thiophene rings is 1. The molecule has 1 aliphatic heterocycles. The molecular formula is C14H17N3O2S. The Morgan fingerprint density at radius 3 is 3.20 bits per heavy atom. The average Bonchev–Trinajstić information content (AvgIpc) is 3.19. The van der Waals surface area contributed by atoms with Gasteiger partial charge >= 0.3 is 0 Å². The molecule has 3 rings (SSSR count). The van der Waals surface area contributed by atoms with Gasteiger partial charge in [0.15, 0.2) is 0 Å². The Hall–Kier alpha value is -1.69. The van der Waals surface area contributed by atoms with Gasteiger partial charge in [0, 0.05) is 23.9 Å². The van der Waals surface area contributed by atoms with Gasteiger partial charge in [-0.2, -0.15) is 11.3 Å². The maximum Gasteiger partial charge on any atom is 0.248 e. The van der Waals surface area contributed by atoms with Crippen molar-refractivity contribution in [2.24, 2.45) is 0 Å². The van der Waals surface area contributed by atoms with Gasteiger partial charge in [0.2, 0.25) is 17.7 Å². The molecule has 0 bridgehead atoms. The SMILES string of the molecule is CCCC(=O)N1CCC[C@@H]1c1nnc(-c2ccsc2)o1. The second-order valence-corrected chi connectivity index (χ2v) is 5.73. The van der Waals surface area contributed by atoms with E-state index < -0.39 is 0 Å². The Labute approximate surface area is 121 Å². The van der Waals surface area contributed by atoms with Crippen molar-refractivity contribution in [3.05, 3.63) is 22.7 Å². The van der Waals surface area contributed by atoms with E-state index in [1.54, 1.807) is 11.3 Å². The number of rotatable bonds is 4. The highest BCUT2D eigenvalue weighted by Crippen LogP contribution is 2.33. The van der Waals surface area contributed by atoms with Crippen molar-refractivity contribution < 1.29 is 9.21 Å². The van der Waals surface area contributed by atoms with Gasteiger partial charge in [-0.15, -0.1) is 10.2 Å². The topological polar surface area (TPSA) is 59.2 Å². The number of nitrogens with zero attached hydrogens (tertiary/aromatic N) is 3. The summed E-state index contributed by atoms with van der Waals surface area (Å²) >= 11 is 1.60. The fourth-order valence-electron chi connectivity index (χ4n) is 2.55. The van der Waals surface area contributed by atoms with Crippen molar-refractivity contribution in [1.29, 1.82) is 0 Å². The molecule has 1 aliphatic rings. The quantitative estimate of drug-likeness (QED) is 0.867. The maximum absolute atomic E-state index is 12.1. The van der Waals surface area contributed by atoms with E-state index in [1.165, 1.54) is 0 Å². The molecule has 0 unspecified atom stereocenters. The maximum atomic E-state index is 12.1. The van der Waals surface area contributed by atoms with Crippen LogP contribution in [0.5, 0.6) is 0 Å². The van der Waals surface area contributed by atoms with Crippen LogP contribution >= 0.6 is 11.3 Å². The third kappa shape index (κ3) is 2.47. The molecule has 1 fully saturated rings. The summed E-state index contributed by atoms with van der Waals surface area (Å²) in [6.07, 6.45) is 3.35. The monoisotopic (exact) mass is 291 g/mol. The Balaban J connectivity index is 1.80. The molecule has 0 aromatic carbocycles. The molecule has 6 heteroatoms. The molecule has 106 valence electrons. The van der Waals surface area contributed by atoms with Gasteiger partial charge in [-0.3, -0.25) is 4.79 Å². The molecule has 3 heterocycles. The highest BCUT2D eigenvalue weighted by Gasteiger charge is 2.33. The molecule has 0 aliphatic carbocycles. The fraction of sp³-hybridized carbons (Fsp3) is 0.500. The Morgan fingerprint density at radius 1 is 1.55 bits per heavy atom. The number of carbonyl (C=O) groups excluding carboxylic acids is 1. The number of hydrogen-bond acceptors (Lipinski definition) is 5. The number of carbonyl (C=O) groups is 1. The van der Waals surface area contributed by atoms with Crippen molar-refractivity contribution in [3.8, 4) is 11.5 Å². The zero-order valence-corrected chi connectivity index (χ0v) is 12.2. The fourth-order valence-corrected chi connectivity index (χ4v) is 3.18. The van der Waals surface area contributed by atoms with Gasteiger partial charge in [-0.1, -0.05) is 6.92 Å². The second kappa shape index (κ2) is 5.75. The van der Waals surface area contributed by atoms with E-state index in [4.69, 9.17) is 4.42 Å². The zero-order chi connectivity index (χ0) is 13.9. The standard InChI is InChI=1S/C14H17N3O2S/c1-2-4-12(18)17-7-3-5-11(17)14-16-15-13(19-14)10-6-8-20-9-10/h6,8-9,11H,2-5,7H2,1H3/t11-/m1/s1. The normalized spacial score (nSPS) is 18.6. The van der Waals surface area contributed by atoms with Gasteiger partial charge in [-0.05, 0) is 30.7 Å². The predicted molar refractivity (Wildman–Crippen MR) is 76.2 cm³/mol. The molecule has 0 saturated carbocycles. The summed E-state index contributed by atoms with van der Waals surface area (Å²) in [6.45, 7) is 2.81. The van der Waals surface area contributed by atoms with Crippen LogP contribution in [0.3, 0.4) is 0 Å². The van der Waals surface area contributed by atoms with Crippen molar-refractivity contribution in [2.75, 3.05) is 6.54 Å². The first-order chi connectivity index (χ1) is 9.79. The van der Waals surface area contributed by atoms with E-state index in [-0.39, 0.29) is 11.9 Å². The summed E-state index contributed by atoms with van der Waals surface area (Å²) in [5.41, 5.74) is 0.943. The lowest BCUT2D eigenvalue weighted by Crippen LogP contribution is -2.30. The lowest BCUT2D eigenvalue weighted by atomic mass is 10.2. The third-order valence-corrected chi connectivity index (χ3v) is 4.21. The molecule has 0 N–H and O–H groups in total. The van der Waals surface area contributed by atoms with Crippen LogP contribution in [-0.4, -0.2) is 27.5 Å². The lowest BCUT2D eigenvalue weighted by Gasteiger charge is -2.21. The number of hydrogen-bond donors (Lipinski definition) is 0. The van der Waals surface area contributed by atoms with Gasteiger partial charge in [-0.25, -0.2) is 0 Å². The largest absolute Gasteiger partial charge is 0.418 e. The van der Waals surface area contributed by atoms with Gasteiger partial charge in [0.05, 0.1) is 0 Å². The predicted octanol–water partition coefficient (Wildman–Crippen LogP) is 3.26. The number of aromatic nitrogens is 2. The Kier molecular flexibility index (Phi) is 3.82. The lowest BCUT2D eigenvalue weighted by molar-refractivity contribution is -0.132. The van der Waals surface area contributed by atoms with Gasteiger partial charge < -0.3 is 9.32 Å². The molecule has 2 aromatic heterocycles. The molecular weight excluding hydrogens is 274 g/mol. The number of amides is 1. The van der Waals surface area contributed by atoms with Crippen LogP contribution in [0.4, 0.5) is 0 Å². The average molecular weight is 291 g/mol. The van der Waals surface area contributed by atoms with Crippen LogP contribution in [-0.2, 0) is 4.79 Å². The molecule has 1 atom stereocenters. The minimum atomic E-state index is -0.0473. The van der Waals surface area contributed by atoms with Crippen LogP contribution < -0.4 is 0 Å². The molecule has 2 aromatic rings. The summed E-state index contributed by atoms with van der Waals surface area (Å²) in [7, 11) is 0. The Morgan fingerprint density at radius 2 is 2.45 bits per heavy atom. The molecule has 1 saturated heterocycles. The summed E-state index contributed by atoms with van der Waals surface area (Å²) in [4.78, 5) is 14.0. The number of likely N-dealkylation sites (tertiary alicyclic amines) is 1. The van der Waals surface area contributed by atoms with Crippen LogP contribution in [0, 0.1) is 0 Å². The van der Waals surface area contributed by atoms with Crippen LogP contribution in [0.1, 0.15) is 44.5 Å². The molecule has 1 amide bonds. The van der Waals surface area contributed by atoms with Crippen molar-refractivity contribution in [3.63, 3.8) is 0 Å². The van der Waals surface area contributed by atoms with Crippen molar-refractivity contribution in [2.45, 2.75) is 38.6 Å². The highest BCUT2D eigenvalue weighted by atomic mass is 32.1. The highest BCUT2D eigenvalue weighted by molar-refractivity contribution is 7.08. The summed E-state index contributed by atoms with van der Waals surface area (Å²) < 4.78 is 5.76. The first-order valence-electron chi connectivity index (χ1n) is 6.95. The van der Waals surface area contributed by atoms with Crippen molar-refractivity contribution in [1.82, 2.24) is 15.1 Å². The van der Waals surface area contributed by atoms with Gasteiger partial charge in [0.1, 0.15) is 6.04 Å². The van der Waals surface area contributed by atoms with E-state index in [0.29, 0.717) is 18.2 Å². The van der Waals surface area contributed by atoms with E-state index in [2.05, 4.69) is 10.2 Å². The van der Waals surface area contributed by atoms with Crippen LogP contribution in [0.2, 0.25) is 0 Å². The van der Waals surface area contributed by atoms with E-state index in [0.717, 1.165) is 31.4 Å². The third-order valence-electron chi connectivity index (χ3n) is 3.53. The summed E-state index contributed by atoms with van der Waals surface area (Å²) in [5.74, 6) is 1.29. The van der Waals surface area contributed by atoms with Crippen molar-refractivity contribution >= 4 is 17.2 Å². The summed E-state index contributed by atoms with van der Waals surface area (Å²) in [6, 6.07) is 1.91. The van der Waals surface area contributed by atoms with E-state index in [9.17, 15) is 4.79 Å². The van der Waals surface area contributed by atoms with E-state index >= 15 is 0 Å². The molecule has 20 heavy (non-hydrogen) atoms. The minimum Gasteiger partial charge on any atom is -0.418 e. The van der Waals surface area contributed by atoms with E-state index in [1.807, 2.05) is 28.7 Å². The first-order valence-corrected chi connectivity index (χ1v) is 7.89. The second-order valence-electron chi connectivity index (χ2n) is 4.95. The summed E-state index contributed by atoms with van der Waals surface area (Å²) in [5, 5.41) is 12.2. The van der Waals surface area contributed by atoms with Gasteiger partial charge in [0.25, 0.3) is 0 Å². The minimum absolute atomic E-state index is 0.0473.